The molecule has 0 atom stereocenters. The van der Waals surface area contributed by atoms with Gasteiger partial charge in [-0.2, -0.15) is 0 Å². The van der Waals surface area contributed by atoms with Gasteiger partial charge in [0.2, 0.25) is 5.91 Å². The van der Waals surface area contributed by atoms with E-state index in [0.717, 1.165) is 0 Å². The highest BCUT2D eigenvalue weighted by molar-refractivity contribution is 7.99. The van der Waals surface area contributed by atoms with Crippen LogP contribution in [-0.2, 0) is 9.53 Å². The first-order valence-corrected chi connectivity index (χ1v) is 13.4. The molecular formula is C24H28N4O5S2. The van der Waals surface area contributed by atoms with Crippen molar-refractivity contribution < 1.29 is 19.1 Å². The predicted octanol–water partition coefficient (Wildman–Crippen LogP) is 4.38. The second-order valence-corrected chi connectivity index (χ2v) is 9.75. The molecule has 1 N–H and O–H groups in total. The van der Waals surface area contributed by atoms with E-state index in [9.17, 15) is 14.4 Å². The van der Waals surface area contributed by atoms with Crippen molar-refractivity contribution in [1.82, 2.24) is 14.5 Å². The number of carbonyl (C=O) groups excluding carboxylic acids is 2. The molecule has 2 amide bonds. The van der Waals surface area contributed by atoms with E-state index in [4.69, 9.17) is 14.5 Å². The summed E-state index contributed by atoms with van der Waals surface area (Å²) in [6, 6.07) is 8.97. The Morgan fingerprint density at radius 2 is 1.94 bits per heavy atom. The Hall–Kier alpha value is -3.05. The molecule has 0 aliphatic carbocycles. The number of anilines is 1. The molecule has 186 valence electrons. The van der Waals surface area contributed by atoms with Crippen LogP contribution >= 0.6 is 23.1 Å². The van der Waals surface area contributed by atoms with Gasteiger partial charge in [-0.3, -0.25) is 14.2 Å². The standard InChI is InChI=1S/C24H28N4O5S2/c1-3-32-19-8-6-5-7-17(19)25-20(29)15-35-23-26-18-11-14-34-21(18)22(30)28(23)16-9-12-27(13-10-16)24(31)33-4-2/h5-8,11,14,16H,3-4,9-10,12-13,15H2,1-2H3,(H,25,29). The Morgan fingerprint density at radius 1 is 1.17 bits per heavy atom. The summed E-state index contributed by atoms with van der Waals surface area (Å²) in [7, 11) is 0. The lowest BCUT2D eigenvalue weighted by Crippen LogP contribution is -2.41. The molecule has 1 fully saturated rings. The number of hydrogen-bond acceptors (Lipinski definition) is 8. The SMILES string of the molecule is CCOC(=O)N1CCC(n2c(SCC(=O)Nc3ccccc3OCC)nc3ccsc3c2=O)CC1. The topological polar surface area (TPSA) is 103 Å². The maximum atomic E-state index is 13.4. The first kappa shape index (κ1) is 25.1. The van der Waals surface area contributed by atoms with E-state index in [1.165, 1.54) is 23.1 Å². The fraction of sp³-hybridized carbons (Fsp3) is 0.417. The first-order chi connectivity index (χ1) is 17.0. The van der Waals surface area contributed by atoms with Crippen LogP contribution in [0.3, 0.4) is 0 Å². The van der Waals surface area contributed by atoms with Crippen molar-refractivity contribution in [2.45, 2.75) is 37.9 Å². The molecular weight excluding hydrogens is 488 g/mol. The van der Waals surface area contributed by atoms with Crippen molar-refractivity contribution in [3.8, 4) is 5.75 Å². The third-order valence-corrected chi connectivity index (χ3v) is 7.47. The highest BCUT2D eigenvalue weighted by atomic mass is 32.2. The molecule has 2 aromatic heterocycles. The molecule has 1 aliphatic heterocycles. The van der Waals surface area contributed by atoms with E-state index in [2.05, 4.69) is 5.32 Å². The third kappa shape index (κ3) is 5.79. The van der Waals surface area contributed by atoms with E-state index in [-0.39, 0.29) is 29.4 Å². The van der Waals surface area contributed by atoms with Gasteiger partial charge in [-0.1, -0.05) is 23.9 Å². The van der Waals surface area contributed by atoms with E-state index < -0.39 is 0 Å². The summed E-state index contributed by atoms with van der Waals surface area (Å²) in [6.45, 7) is 5.48. The lowest BCUT2D eigenvalue weighted by molar-refractivity contribution is -0.113. The summed E-state index contributed by atoms with van der Waals surface area (Å²) in [5.74, 6) is 0.478. The normalized spacial score (nSPS) is 14.2. The van der Waals surface area contributed by atoms with Gasteiger partial charge in [0, 0.05) is 19.1 Å². The van der Waals surface area contributed by atoms with Crippen molar-refractivity contribution in [2.24, 2.45) is 0 Å². The second-order valence-electron chi connectivity index (χ2n) is 7.89. The number of nitrogens with one attached hydrogen (secondary N) is 1. The summed E-state index contributed by atoms with van der Waals surface area (Å²) in [5, 5.41) is 5.23. The van der Waals surface area contributed by atoms with Gasteiger partial charge in [-0.25, -0.2) is 9.78 Å². The number of likely N-dealkylation sites (tertiary alicyclic amines) is 1. The summed E-state index contributed by atoms with van der Waals surface area (Å²) in [6.07, 6.45) is 0.890. The Balaban J connectivity index is 1.51. The number of thiophene rings is 1. The predicted molar refractivity (Wildman–Crippen MR) is 138 cm³/mol. The minimum atomic E-state index is -0.330. The lowest BCUT2D eigenvalue weighted by Gasteiger charge is -2.32. The Kier molecular flexibility index (Phi) is 8.29. The Morgan fingerprint density at radius 3 is 2.69 bits per heavy atom. The molecule has 0 bridgehead atoms. The zero-order valence-corrected chi connectivity index (χ0v) is 21.3. The van der Waals surface area contributed by atoms with E-state index >= 15 is 0 Å². The molecule has 0 radical (unpaired) electrons. The monoisotopic (exact) mass is 516 g/mol. The van der Waals surface area contributed by atoms with Crippen molar-refractivity contribution in [1.29, 1.82) is 0 Å². The van der Waals surface area contributed by atoms with Crippen LogP contribution in [0.15, 0.2) is 45.7 Å². The van der Waals surface area contributed by atoms with Crippen molar-refractivity contribution in [3.05, 3.63) is 46.1 Å². The molecule has 1 saturated heterocycles. The fourth-order valence-corrected chi connectivity index (χ4v) is 5.65. The van der Waals surface area contributed by atoms with E-state index in [1.54, 1.807) is 28.5 Å². The number of aromatic nitrogens is 2. The van der Waals surface area contributed by atoms with Gasteiger partial charge in [-0.15, -0.1) is 11.3 Å². The maximum Gasteiger partial charge on any atom is 0.409 e. The van der Waals surface area contributed by atoms with Crippen LogP contribution in [0.25, 0.3) is 10.2 Å². The van der Waals surface area contributed by atoms with Crippen LogP contribution < -0.4 is 15.6 Å². The molecule has 35 heavy (non-hydrogen) atoms. The van der Waals surface area contributed by atoms with Crippen molar-refractivity contribution in [3.63, 3.8) is 0 Å². The summed E-state index contributed by atoms with van der Waals surface area (Å²) >= 11 is 2.60. The van der Waals surface area contributed by atoms with Crippen LogP contribution in [0.1, 0.15) is 32.7 Å². The Labute approximate surface area is 211 Å². The van der Waals surface area contributed by atoms with Crippen LogP contribution in [0.5, 0.6) is 5.75 Å². The molecule has 1 aromatic carbocycles. The lowest BCUT2D eigenvalue weighted by atomic mass is 10.1. The number of carbonyl (C=O) groups is 2. The van der Waals surface area contributed by atoms with Gasteiger partial charge in [0.1, 0.15) is 10.4 Å². The zero-order valence-electron chi connectivity index (χ0n) is 19.7. The van der Waals surface area contributed by atoms with Crippen molar-refractivity contribution >= 4 is 51.0 Å². The molecule has 0 saturated carbocycles. The minimum Gasteiger partial charge on any atom is -0.492 e. The summed E-state index contributed by atoms with van der Waals surface area (Å²) in [4.78, 5) is 44.6. The van der Waals surface area contributed by atoms with Gasteiger partial charge in [-0.05, 0) is 50.3 Å². The summed E-state index contributed by atoms with van der Waals surface area (Å²) in [5.41, 5.74) is 1.12. The molecule has 9 nitrogen and oxygen atoms in total. The fourth-order valence-electron chi connectivity index (χ4n) is 4.02. The number of piperidine rings is 1. The maximum absolute atomic E-state index is 13.4. The molecule has 0 unspecified atom stereocenters. The third-order valence-electron chi connectivity index (χ3n) is 5.63. The van der Waals surface area contributed by atoms with Gasteiger partial charge >= 0.3 is 6.09 Å². The average Bonchev–Trinajstić information content (AvgIpc) is 3.34. The number of thioether (sulfide) groups is 1. The van der Waals surface area contributed by atoms with Crippen LogP contribution in [0.2, 0.25) is 0 Å². The average molecular weight is 517 g/mol. The largest absolute Gasteiger partial charge is 0.492 e. The second kappa shape index (κ2) is 11.6. The van der Waals surface area contributed by atoms with Gasteiger partial charge in [0.15, 0.2) is 5.16 Å². The van der Waals surface area contributed by atoms with Crippen LogP contribution in [0, 0.1) is 0 Å². The number of rotatable bonds is 8. The number of fused-ring (bicyclic) bond motifs is 1. The van der Waals surface area contributed by atoms with Crippen molar-refractivity contribution in [2.75, 3.05) is 37.4 Å². The first-order valence-electron chi connectivity index (χ1n) is 11.6. The number of nitrogens with zero attached hydrogens (tertiary/aromatic N) is 3. The number of para-hydroxylation sites is 2. The molecule has 1 aliphatic rings. The quantitative estimate of drug-likeness (QED) is 0.350. The van der Waals surface area contributed by atoms with Gasteiger partial charge < -0.3 is 19.7 Å². The molecule has 11 heteroatoms. The Bertz CT molecular complexity index is 1250. The molecule has 3 heterocycles. The highest BCUT2D eigenvalue weighted by Gasteiger charge is 2.28. The smallest absolute Gasteiger partial charge is 0.409 e. The summed E-state index contributed by atoms with van der Waals surface area (Å²) < 4.78 is 13.0. The van der Waals surface area contributed by atoms with Gasteiger partial charge in [0.25, 0.3) is 5.56 Å². The number of ether oxygens (including phenoxy) is 2. The minimum absolute atomic E-state index is 0.0875. The zero-order chi connectivity index (χ0) is 24.8. The molecule has 3 aromatic rings. The number of amides is 2. The number of hydrogen-bond donors (Lipinski definition) is 1. The van der Waals surface area contributed by atoms with E-state index in [0.29, 0.717) is 66.0 Å². The number of benzene rings is 1. The molecule has 0 spiro atoms. The van der Waals surface area contributed by atoms with Crippen LogP contribution in [0.4, 0.5) is 10.5 Å². The van der Waals surface area contributed by atoms with Crippen LogP contribution in [-0.4, -0.2) is 58.5 Å². The highest BCUT2D eigenvalue weighted by Crippen LogP contribution is 2.29. The van der Waals surface area contributed by atoms with E-state index in [1.807, 2.05) is 30.5 Å². The molecule has 4 rings (SSSR count). The van der Waals surface area contributed by atoms with Gasteiger partial charge in [0.05, 0.1) is 30.2 Å².